The third-order valence-corrected chi connectivity index (χ3v) is 6.56. The second-order valence-corrected chi connectivity index (χ2v) is 8.14. The fraction of sp³-hybridized carbons (Fsp3) is 0.600. The van der Waals surface area contributed by atoms with Crippen LogP contribution in [0.1, 0.15) is 42.9 Å². The van der Waals surface area contributed by atoms with E-state index in [9.17, 15) is 0 Å². The zero-order valence-electron chi connectivity index (χ0n) is 15.5. The van der Waals surface area contributed by atoms with E-state index in [1.807, 2.05) is 12.1 Å². The van der Waals surface area contributed by atoms with Crippen LogP contribution >= 0.6 is 11.6 Å². The van der Waals surface area contributed by atoms with Gasteiger partial charge in [0.05, 0.1) is 0 Å². The standard InChI is InChI=1S/C20H27ClN4O/c1-26-15-19-23-22-18-6-7-20(10-13-25(18)19)8-11-24(12-9-20)14-16-4-2-3-5-17(16)21/h2-5H,6-15H2,1H3. The monoisotopic (exact) mass is 374 g/mol. The van der Waals surface area contributed by atoms with Crippen molar-refractivity contribution in [2.45, 2.75) is 51.8 Å². The first-order valence-corrected chi connectivity index (χ1v) is 9.93. The summed E-state index contributed by atoms with van der Waals surface area (Å²) in [5.74, 6) is 2.10. The molecule has 0 N–H and O–H groups in total. The van der Waals surface area contributed by atoms with Gasteiger partial charge in [-0.15, -0.1) is 10.2 Å². The third-order valence-electron chi connectivity index (χ3n) is 6.19. The molecule has 5 nitrogen and oxygen atoms in total. The maximum Gasteiger partial charge on any atom is 0.159 e. The van der Waals surface area contributed by atoms with Crippen LogP contribution < -0.4 is 0 Å². The zero-order valence-corrected chi connectivity index (χ0v) is 16.2. The second-order valence-electron chi connectivity index (χ2n) is 7.73. The number of nitrogens with zero attached hydrogens (tertiary/aromatic N) is 4. The molecule has 26 heavy (non-hydrogen) atoms. The number of rotatable bonds is 4. The Morgan fingerprint density at radius 3 is 2.62 bits per heavy atom. The molecule has 1 aromatic heterocycles. The maximum atomic E-state index is 6.33. The highest BCUT2D eigenvalue weighted by molar-refractivity contribution is 6.31. The lowest BCUT2D eigenvalue weighted by molar-refractivity contribution is 0.0821. The minimum absolute atomic E-state index is 0.446. The Bertz CT molecular complexity index is 752. The van der Waals surface area contributed by atoms with Gasteiger partial charge in [-0.3, -0.25) is 4.90 Å². The Morgan fingerprint density at radius 1 is 1.08 bits per heavy atom. The highest BCUT2D eigenvalue weighted by Gasteiger charge is 2.36. The fourth-order valence-corrected chi connectivity index (χ4v) is 4.65. The first kappa shape index (κ1) is 18.0. The van der Waals surface area contributed by atoms with Crippen LogP contribution in [0.3, 0.4) is 0 Å². The van der Waals surface area contributed by atoms with Gasteiger partial charge in [0.1, 0.15) is 12.4 Å². The lowest BCUT2D eigenvalue weighted by atomic mass is 9.72. The number of benzene rings is 1. The average Bonchev–Trinajstić information content (AvgIpc) is 2.95. The second kappa shape index (κ2) is 7.67. The molecule has 2 aliphatic heterocycles. The minimum Gasteiger partial charge on any atom is -0.377 e. The smallest absolute Gasteiger partial charge is 0.159 e. The lowest BCUT2D eigenvalue weighted by Crippen LogP contribution is -2.40. The van der Waals surface area contributed by atoms with Gasteiger partial charge in [0.25, 0.3) is 0 Å². The van der Waals surface area contributed by atoms with E-state index >= 15 is 0 Å². The maximum absolute atomic E-state index is 6.33. The van der Waals surface area contributed by atoms with Crippen molar-refractivity contribution in [2.75, 3.05) is 20.2 Å². The molecule has 1 fully saturated rings. The number of piperidine rings is 1. The lowest BCUT2D eigenvalue weighted by Gasteiger charge is -2.41. The summed E-state index contributed by atoms with van der Waals surface area (Å²) in [7, 11) is 1.72. The summed E-state index contributed by atoms with van der Waals surface area (Å²) in [5, 5.41) is 9.58. The molecule has 0 unspecified atom stereocenters. The summed E-state index contributed by atoms with van der Waals surface area (Å²) in [6, 6.07) is 8.20. The van der Waals surface area contributed by atoms with Crippen molar-refractivity contribution in [2.24, 2.45) is 5.41 Å². The summed E-state index contributed by atoms with van der Waals surface area (Å²) in [4.78, 5) is 2.55. The van der Waals surface area contributed by atoms with Crippen LogP contribution in [0.2, 0.25) is 5.02 Å². The van der Waals surface area contributed by atoms with Gasteiger partial charge in [0, 0.05) is 31.6 Å². The topological polar surface area (TPSA) is 43.2 Å². The van der Waals surface area contributed by atoms with Crippen LogP contribution in [-0.2, 0) is 30.9 Å². The molecule has 6 heteroatoms. The summed E-state index contributed by atoms with van der Waals surface area (Å²) in [6.07, 6.45) is 5.98. The molecule has 2 aliphatic rings. The van der Waals surface area contributed by atoms with Crippen LogP contribution in [0.5, 0.6) is 0 Å². The quantitative estimate of drug-likeness (QED) is 0.818. The van der Waals surface area contributed by atoms with Crippen molar-refractivity contribution in [3.8, 4) is 0 Å². The van der Waals surface area contributed by atoms with Crippen molar-refractivity contribution in [1.29, 1.82) is 0 Å². The van der Waals surface area contributed by atoms with E-state index in [1.165, 1.54) is 31.2 Å². The van der Waals surface area contributed by atoms with Crippen molar-refractivity contribution < 1.29 is 4.74 Å². The first-order valence-electron chi connectivity index (χ1n) is 9.55. The van der Waals surface area contributed by atoms with Crippen molar-refractivity contribution >= 4 is 11.6 Å². The van der Waals surface area contributed by atoms with Gasteiger partial charge in [0.2, 0.25) is 0 Å². The summed E-state index contributed by atoms with van der Waals surface area (Å²) in [5.41, 5.74) is 1.68. The highest BCUT2D eigenvalue weighted by atomic mass is 35.5. The zero-order chi connectivity index (χ0) is 18.0. The molecule has 0 amide bonds. The van der Waals surface area contributed by atoms with E-state index in [2.05, 4.69) is 31.8 Å². The summed E-state index contributed by atoms with van der Waals surface area (Å²) >= 11 is 6.33. The number of hydrogen-bond acceptors (Lipinski definition) is 4. The first-order chi connectivity index (χ1) is 12.7. The third kappa shape index (κ3) is 3.66. The summed E-state index contributed by atoms with van der Waals surface area (Å²) < 4.78 is 7.56. The van der Waals surface area contributed by atoms with Gasteiger partial charge in [-0.05, 0) is 55.8 Å². The van der Waals surface area contributed by atoms with Gasteiger partial charge < -0.3 is 9.30 Å². The van der Waals surface area contributed by atoms with Crippen molar-refractivity contribution in [3.63, 3.8) is 0 Å². The Kier molecular flexibility index (Phi) is 5.30. The number of ether oxygens (including phenoxy) is 1. The Morgan fingerprint density at radius 2 is 1.85 bits per heavy atom. The molecule has 4 rings (SSSR count). The molecular formula is C20H27ClN4O. The molecule has 2 aromatic rings. The normalized spacial score (nSPS) is 20.1. The molecule has 0 saturated carbocycles. The van der Waals surface area contributed by atoms with Crippen molar-refractivity contribution in [1.82, 2.24) is 19.7 Å². The summed E-state index contributed by atoms with van der Waals surface area (Å²) in [6.45, 7) is 4.82. The van der Waals surface area contributed by atoms with Crippen molar-refractivity contribution in [3.05, 3.63) is 46.5 Å². The van der Waals surface area contributed by atoms with Crippen LogP contribution in [0.15, 0.2) is 24.3 Å². The minimum atomic E-state index is 0.446. The largest absolute Gasteiger partial charge is 0.377 e. The van der Waals surface area contributed by atoms with E-state index in [1.54, 1.807) is 7.11 Å². The molecule has 0 radical (unpaired) electrons. The van der Waals surface area contributed by atoms with Gasteiger partial charge >= 0.3 is 0 Å². The number of aromatic nitrogens is 3. The van der Waals surface area contributed by atoms with E-state index in [4.69, 9.17) is 16.3 Å². The highest BCUT2D eigenvalue weighted by Crippen LogP contribution is 2.42. The number of aryl methyl sites for hydroxylation is 1. The van der Waals surface area contributed by atoms with Crippen LogP contribution in [0.4, 0.5) is 0 Å². The van der Waals surface area contributed by atoms with Crippen LogP contribution in [-0.4, -0.2) is 39.9 Å². The van der Waals surface area contributed by atoms with Crippen LogP contribution in [0, 0.1) is 5.41 Å². The van der Waals surface area contributed by atoms with Gasteiger partial charge in [-0.2, -0.15) is 0 Å². The van der Waals surface area contributed by atoms with Crippen LogP contribution in [0.25, 0.3) is 0 Å². The Hall–Kier alpha value is -1.43. The number of fused-ring (bicyclic) bond motifs is 1. The SMILES string of the molecule is COCc1nnc2n1CCC1(CC2)CCN(Cc2ccccc2Cl)CC1. The van der Waals surface area contributed by atoms with E-state index in [0.717, 1.165) is 49.3 Å². The molecule has 3 heterocycles. The molecule has 140 valence electrons. The fourth-order valence-electron chi connectivity index (χ4n) is 4.46. The molecule has 0 atom stereocenters. The van der Waals surface area contributed by atoms with Gasteiger partial charge in [-0.25, -0.2) is 0 Å². The van der Waals surface area contributed by atoms with E-state index in [-0.39, 0.29) is 0 Å². The number of likely N-dealkylation sites (tertiary alicyclic amines) is 1. The molecular weight excluding hydrogens is 348 g/mol. The molecule has 1 saturated heterocycles. The molecule has 1 spiro atoms. The Labute approximate surface area is 160 Å². The van der Waals surface area contributed by atoms with Gasteiger partial charge in [-0.1, -0.05) is 29.8 Å². The predicted octanol–water partition coefficient (Wildman–Crippen LogP) is 3.70. The van der Waals surface area contributed by atoms with Gasteiger partial charge in [0.15, 0.2) is 5.82 Å². The molecule has 0 aliphatic carbocycles. The predicted molar refractivity (Wildman–Crippen MR) is 102 cm³/mol. The number of hydrogen-bond donors (Lipinski definition) is 0. The van der Waals surface area contributed by atoms with E-state index < -0.39 is 0 Å². The average molecular weight is 375 g/mol. The number of halogens is 1. The molecule has 1 aromatic carbocycles. The number of methoxy groups -OCH3 is 1. The Balaban J connectivity index is 1.38. The molecule has 0 bridgehead atoms. The van der Waals surface area contributed by atoms with E-state index in [0.29, 0.717) is 12.0 Å².